The summed E-state index contributed by atoms with van der Waals surface area (Å²) in [7, 11) is 2.74. The van der Waals surface area contributed by atoms with E-state index in [-0.39, 0.29) is 10.9 Å². The van der Waals surface area contributed by atoms with Crippen LogP contribution >= 0.6 is 0 Å². The molecule has 55 valence electrons. The van der Waals surface area contributed by atoms with Crippen LogP contribution in [-0.4, -0.2) is 46.2 Å². The first-order valence-corrected chi connectivity index (χ1v) is 2.80. The Bertz CT molecular complexity index is 54.2. The molecule has 0 bridgehead atoms. The van der Waals surface area contributed by atoms with Crippen molar-refractivity contribution < 1.29 is 23.2 Å². The molecule has 0 amide bonds. The first-order valence-electron chi connectivity index (χ1n) is 1.85. The van der Waals surface area contributed by atoms with Crippen molar-refractivity contribution in [1.29, 1.82) is 0 Å². The van der Waals surface area contributed by atoms with E-state index in [1.165, 1.54) is 14.2 Å². The molecule has 0 aliphatic rings. The highest BCUT2D eigenvalue weighted by Crippen LogP contribution is 1.78. The van der Waals surface area contributed by atoms with Gasteiger partial charge in [0.25, 0.3) is 0 Å². The van der Waals surface area contributed by atoms with E-state index < -0.39 is 15.9 Å². The van der Waals surface area contributed by atoms with Gasteiger partial charge in [-0.15, -0.1) is 0 Å². The number of hydrogen-bond donors (Lipinski definition) is 1. The van der Waals surface area contributed by atoms with Crippen molar-refractivity contribution in [2.75, 3.05) is 14.2 Å². The third-order valence-corrected chi connectivity index (χ3v) is 0.844. The molecule has 7 heteroatoms. The van der Waals surface area contributed by atoms with Crippen molar-refractivity contribution >= 4 is 15.9 Å². The highest BCUT2D eigenvalue weighted by Gasteiger charge is 1.99. The molecule has 6 nitrogen and oxygen atoms in total. The van der Waals surface area contributed by atoms with Crippen LogP contribution in [0.4, 0.5) is 0 Å². The Morgan fingerprint density at radius 1 is 1.44 bits per heavy atom. The summed E-state index contributed by atoms with van der Waals surface area (Å²) in [4.78, 5) is 4.16. The van der Waals surface area contributed by atoms with Crippen LogP contribution in [0.3, 0.4) is 0 Å². The summed E-state index contributed by atoms with van der Waals surface area (Å²) in [5.74, 6) is 0. The van der Waals surface area contributed by atoms with E-state index in [4.69, 9.17) is 5.21 Å². The zero-order chi connectivity index (χ0) is 6.41. The maximum atomic E-state index is 8.32. The van der Waals surface area contributed by atoms with Crippen LogP contribution in [0.15, 0.2) is 0 Å². The fourth-order valence-corrected chi connectivity index (χ4v) is 0.369. The number of hydrogen-bond acceptors (Lipinski definition) is 5. The van der Waals surface area contributed by atoms with Crippen molar-refractivity contribution in [1.82, 2.24) is 5.39 Å². The van der Waals surface area contributed by atoms with Gasteiger partial charge in [-0.2, -0.15) is 0 Å². The highest BCUT2D eigenvalue weighted by atomic mass is 27.2. The second kappa shape index (κ2) is 8.29. The van der Waals surface area contributed by atoms with E-state index in [0.29, 0.717) is 0 Å². The standard InChI is InChI=1S/CH4NO3.CH3O.Al.H2O/c1-5-2(3)4;1-2;;/h3H,1H3;1H3;;1H2/q2*-1;+2;. The van der Waals surface area contributed by atoms with Crippen molar-refractivity contribution in [2.45, 2.75) is 0 Å². The molecule has 9 heavy (non-hydrogen) atoms. The van der Waals surface area contributed by atoms with Crippen LogP contribution in [0.25, 0.3) is 0 Å². The molecule has 0 saturated carbocycles. The Labute approximate surface area is 59.5 Å². The van der Waals surface area contributed by atoms with E-state index in [1.54, 1.807) is 0 Å². The molecule has 0 rings (SSSR count). The molecule has 0 aromatic heterocycles. The first kappa shape index (κ1) is 12.0. The molecule has 0 aromatic carbocycles. The van der Waals surface area contributed by atoms with Gasteiger partial charge >= 0.3 is 15.9 Å². The van der Waals surface area contributed by atoms with E-state index in [2.05, 4.69) is 12.5 Å². The smallest absolute Gasteiger partial charge is 0.485 e. The zero-order valence-electron chi connectivity index (χ0n) is 5.20. The first-order chi connectivity index (χ1) is 3.81. The fourth-order valence-electron chi connectivity index (χ4n) is 0.123. The van der Waals surface area contributed by atoms with Crippen LogP contribution in [0.5, 0.6) is 0 Å². The Kier molecular flexibility index (Phi) is 11.1. The van der Waals surface area contributed by atoms with Gasteiger partial charge in [0.15, 0.2) is 0 Å². The van der Waals surface area contributed by atoms with Crippen molar-refractivity contribution in [3.05, 3.63) is 0 Å². The quantitative estimate of drug-likeness (QED) is 0.394. The predicted octanol–water partition coefficient (Wildman–Crippen LogP) is -1.47. The normalized spacial score (nSPS) is 8.89. The molecule has 0 atom stereocenters. The van der Waals surface area contributed by atoms with Crippen molar-refractivity contribution in [3.8, 4) is 0 Å². The summed E-state index contributed by atoms with van der Waals surface area (Å²) in [5, 5.41) is 8.57. The van der Waals surface area contributed by atoms with Gasteiger partial charge in [-0.25, -0.2) is 0 Å². The topological polar surface area (TPSA) is 82.7 Å². The largest absolute Gasteiger partial charge is 0.691 e. The van der Waals surface area contributed by atoms with E-state index >= 15 is 0 Å². The molecule has 1 radical (unpaired) electrons. The lowest BCUT2D eigenvalue weighted by Crippen LogP contribution is -2.21. The molecule has 0 spiro atoms. The van der Waals surface area contributed by atoms with Crippen LogP contribution < -0.4 is 0 Å². The maximum Gasteiger partial charge on any atom is 0.691 e. The lowest BCUT2D eigenvalue weighted by Gasteiger charge is -2.08. The Morgan fingerprint density at radius 2 is 2.00 bits per heavy atom. The molecule has 0 fully saturated rings. The molecule has 0 heterocycles. The fraction of sp³-hybridized carbons (Fsp3) is 1.00. The monoisotopic (exact) mass is 154 g/mol. The average molecular weight is 154 g/mol. The van der Waals surface area contributed by atoms with Crippen LogP contribution in [0.2, 0.25) is 0 Å². The molecule has 0 aliphatic heterocycles. The lowest BCUT2D eigenvalue weighted by atomic mass is 11.7. The summed E-state index contributed by atoms with van der Waals surface area (Å²) in [6.07, 6.45) is 0. The number of rotatable bonds is 4. The van der Waals surface area contributed by atoms with Crippen molar-refractivity contribution in [3.63, 3.8) is 0 Å². The lowest BCUT2D eigenvalue weighted by molar-refractivity contribution is -0.468. The summed E-state index contributed by atoms with van der Waals surface area (Å²) >= 11 is -0.666. The minimum atomic E-state index is -0.666. The molecule has 0 aromatic rings. The third kappa shape index (κ3) is 8.29. The molecule has 0 saturated heterocycles. The van der Waals surface area contributed by atoms with Gasteiger partial charge in [-0.1, -0.05) is 0 Å². The second-order valence-corrected chi connectivity index (χ2v) is 1.73. The molecular formula is C2H9AlNO5. The van der Waals surface area contributed by atoms with Crippen LogP contribution in [0.1, 0.15) is 0 Å². The molecule has 0 unspecified atom stereocenters. The van der Waals surface area contributed by atoms with E-state index in [0.717, 1.165) is 0 Å². The van der Waals surface area contributed by atoms with Gasteiger partial charge in [0.2, 0.25) is 0 Å². The molecule has 3 N–H and O–H groups in total. The van der Waals surface area contributed by atoms with E-state index in [1.807, 2.05) is 0 Å². The Balaban J connectivity index is 0. The maximum absolute atomic E-state index is 8.32. The molecule has 0 aliphatic carbocycles. The summed E-state index contributed by atoms with van der Waals surface area (Å²) in [6.45, 7) is 0. The predicted molar refractivity (Wildman–Crippen MR) is 28.1 cm³/mol. The van der Waals surface area contributed by atoms with Gasteiger partial charge in [-0.05, 0) is 0 Å². The SMILES string of the molecule is C[O][Al][O]N(O)OC.O. The van der Waals surface area contributed by atoms with Crippen LogP contribution in [0, 0.1) is 0 Å². The second-order valence-electron chi connectivity index (χ2n) is 0.858. The van der Waals surface area contributed by atoms with Gasteiger partial charge in [0.1, 0.15) is 0 Å². The Hall–Kier alpha value is 0.292. The Morgan fingerprint density at radius 3 is 2.33 bits per heavy atom. The highest BCUT2D eigenvalue weighted by molar-refractivity contribution is 6.17. The van der Waals surface area contributed by atoms with Gasteiger partial charge in [0, 0.05) is 12.5 Å². The summed E-state index contributed by atoms with van der Waals surface area (Å²) in [5.41, 5.74) is 0. The average Bonchev–Trinajstić information content (AvgIpc) is 1.83. The van der Waals surface area contributed by atoms with E-state index in [9.17, 15) is 0 Å². The third-order valence-electron chi connectivity index (χ3n) is 0.386. The number of nitrogens with zero attached hydrogens (tertiary/aromatic N) is 1. The zero-order valence-corrected chi connectivity index (χ0v) is 6.35. The van der Waals surface area contributed by atoms with Gasteiger partial charge < -0.3 is 13.2 Å². The van der Waals surface area contributed by atoms with Gasteiger partial charge in [-0.3, -0.25) is 10.0 Å². The minimum absolute atomic E-state index is 0. The van der Waals surface area contributed by atoms with Crippen LogP contribution in [-0.2, 0) is 12.5 Å². The molecular weight excluding hydrogens is 145 g/mol. The van der Waals surface area contributed by atoms with Crippen molar-refractivity contribution in [2.24, 2.45) is 0 Å². The summed E-state index contributed by atoms with van der Waals surface area (Å²) < 4.78 is 8.86. The summed E-state index contributed by atoms with van der Waals surface area (Å²) in [6, 6.07) is 0. The minimum Gasteiger partial charge on any atom is -0.485 e. The van der Waals surface area contributed by atoms with Gasteiger partial charge in [0.05, 0.1) is 7.11 Å².